The minimum Gasteiger partial charge on any atom is -0.465 e. The molecule has 13 atom stereocenters. The van der Waals surface area contributed by atoms with Crippen LogP contribution in [0.2, 0.25) is 0 Å². The topological polar surface area (TPSA) is 253 Å². The van der Waals surface area contributed by atoms with Crippen LogP contribution in [-0.4, -0.2) is 124 Å². The smallest absolute Gasteiger partial charge is 0.340 e. The molecule has 0 amide bonds. The van der Waals surface area contributed by atoms with Crippen molar-refractivity contribution in [2.24, 2.45) is 17.3 Å². The van der Waals surface area contributed by atoms with Crippen LogP contribution in [0.1, 0.15) is 98.1 Å². The molecule has 13 unspecified atom stereocenters. The fourth-order valence-electron chi connectivity index (χ4n) is 10.4. The van der Waals surface area contributed by atoms with Crippen molar-refractivity contribution in [3.8, 4) is 0 Å². The van der Waals surface area contributed by atoms with Crippen molar-refractivity contribution in [1.82, 2.24) is 4.98 Å². The normalized spacial score (nSPS) is 34.1. The van der Waals surface area contributed by atoms with E-state index in [1.54, 1.807) is 19.1 Å². The van der Waals surface area contributed by atoms with Gasteiger partial charge >= 0.3 is 47.8 Å². The van der Waals surface area contributed by atoms with E-state index >= 15 is 0 Å². The Bertz CT molecular complexity index is 2460. The first kappa shape index (κ1) is 48.2. The molecule has 0 radical (unpaired) electrons. The molecule has 356 valence electrons. The van der Waals surface area contributed by atoms with Gasteiger partial charge in [0.1, 0.15) is 42.0 Å². The molecule has 1 N–H and O–H groups in total. The third-order valence-electron chi connectivity index (χ3n) is 13.3. The van der Waals surface area contributed by atoms with Crippen molar-refractivity contribution in [3.05, 3.63) is 101 Å². The number of hydrogen-bond acceptors (Lipinski definition) is 19. The van der Waals surface area contributed by atoms with Gasteiger partial charge in [-0.1, -0.05) is 50.2 Å². The zero-order valence-corrected chi connectivity index (χ0v) is 38.0. The molecule has 1 aromatic heterocycles. The maximum absolute atomic E-state index is 14.8. The fourth-order valence-corrected chi connectivity index (χ4v) is 10.4. The Morgan fingerprint density at radius 1 is 0.687 bits per heavy atom. The van der Waals surface area contributed by atoms with Gasteiger partial charge in [0.05, 0.1) is 34.2 Å². The Labute approximate surface area is 384 Å². The first-order valence-corrected chi connectivity index (χ1v) is 21.5. The Kier molecular flexibility index (Phi) is 13.1. The lowest BCUT2D eigenvalue weighted by Gasteiger charge is -2.67. The van der Waals surface area contributed by atoms with Crippen molar-refractivity contribution in [1.29, 1.82) is 0 Å². The molecule has 19 heteroatoms. The van der Waals surface area contributed by atoms with E-state index in [1.807, 2.05) is 0 Å². The predicted molar refractivity (Wildman–Crippen MR) is 225 cm³/mol. The van der Waals surface area contributed by atoms with E-state index in [1.165, 1.54) is 80.7 Å². The fraction of sp³-hybridized carbons (Fsp3) is 0.479. The van der Waals surface area contributed by atoms with Gasteiger partial charge in [-0.25, -0.2) is 14.4 Å². The summed E-state index contributed by atoms with van der Waals surface area (Å²) in [6.07, 6.45) is -11.1. The minimum atomic E-state index is -2.91. The third kappa shape index (κ3) is 8.17. The first-order valence-electron chi connectivity index (χ1n) is 21.5. The number of carbonyl (C=O) groups excluding carboxylic acids is 8. The van der Waals surface area contributed by atoms with Gasteiger partial charge in [0.25, 0.3) is 0 Å². The van der Waals surface area contributed by atoms with E-state index in [9.17, 15) is 43.5 Å². The SMILES string of the molecule is CC(=O)OCC12C(OC(C)=O)C(OC(C)=O)C3C(OC(C)=O)C14OC3(C)COC(=O)c1cccnc1C(C)C(C)C(=O)OC(C(OC(=O)c1ccccc1)C2OC(=O)c1ccccc1)C4(C)O. The number of aromatic nitrogens is 1. The molecule has 1 saturated heterocycles. The lowest BCUT2D eigenvalue weighted by Crippen LogP contribution is -2.89. The van der Waals surface area contributed by atoms with Gasteiger partial charge in [0.2, 0.25) is 0 Å². The molecule has 1 spiro atoms. The summed E-state index contributed by atoms with van der Waals surface area (Å²) >= 11 is 0. The van der Waals surface area contributed by atoms with Gasteiger partial charge in [-0.15, -0.1) is 0 Å². The summed E-state index contributed by atoms with van der Waals surface area (Å²) in [5.41, 5.74) is -10.7. The van der Waals surface area contributed by atoms with E-state index in [0.29, 0.717) is 0 Å². The number of aliphatic hydroxyl groups is 1. The van der Waals surface area contributed by atoms with Crippen LogP contribution in [0.5, 0.6) is 0 Å². The molecule has 3 heterocycles. The van der Waals surface area contributed by atoms with Crippen LogP contribution in [0.25, 0.3) is 0 Å². The first-order chi connectivity index (χ1) is 31.6. The molecule has 3 fully saturated rings. The zero-order valence-electron chi connectivity index (χ0n) is 38.0. The van der Waals surface area contributed by atoms with Crippen LogP contribution < -0.4 is 0 Å². The summed E-state index contributed by atoms with van der Waals surface area (Å²) in [5, 5.41) is 13.9. The molecule has 3 aromatic rings. The summed E-state index contributed by atoms with van der Waals surface area (Å²) in [7, 11) is 0. The van der Waals surface area contributed by atoms with Gasteiger partial charge in [-0.2, -0.15) is 0 Å². The van der Waals surface area contributed by atoms with Crippen LogP contribution in [-0.2, 0) is 66.6 Å². The summed E-state index contributed by atoms with van der Waals surface area (Å²) in [4.78, 5) is 116. The zero-order chi connectivity index (χ0) is 48.8. The number of esters is 8. The Balaban J connectivity index is 1.65. The van der Waals surface area contributed by atoms with Crippen molar-refractivity contribution in [3.63, 3.8) is 0 Å². The second-order valence-electron chi connectivity index (χ2n) is 17.7. The van der Waals surface area contributed by atoms with E-state index in [0.717, 1.165) is 34.6 Å². The average Bonchev–Trinajstić information content (AvgIpc) is 3.50. The monoisotopic (exact) mass is 929 g/mol. The molecule has 19 nitrogen and oxygen atoms in total. The Hall–Kier alpha value is -6.73. The van der Waals surface area contributed by atoms with Gasteiger partial charge in [0.15, 0.2) is 30.0 Å². The molecule has 2 aliphatic carbocycles. The highest BCUT2D eigenvalue weighted by molar-refractivity contribution is 5.92. The second-order valence-corrected chi connectivity index (χ2v) is 17.7. The summed E-state index contributed by atoms with van der Waals surface area (Å²) < 4.78 is 56.6. The number of benzene rings is 2. The van der Waals surface area contributed by atoms with Gasteiger partial charge < -0.3 is 47.7 Å². The molecule has 2 aromatic carbocycles. The summed E-state index contributed by atoms with van der Waals surface area (Å²) in [5.74, 6) is -12.0. The number of pyridine rings is 1. The van der Waals surface area contributed by atoms with Crippen LogP contribution in [0.15, 0.2) is 79.0 Å². The van der Waals surface area contributed by atoms with Gasteiger partial charge in [-0.05, 0) is 50.2 Å². The van der Waals surface area contributed by atoms with Crippen molar-refractivity contribution >= 4 is 47.8 Å². The second kappa shape index (κ2) is 18.2. The maximum atomic E-state index is 14.8. The van der Waals surface area contributed by atoms with Crippen LogP contribution in [0.4, 0.5) is 0 Å². The third-order valence-corrected chi connectivity index (χ3v) is 13.3. The number of nitrogens with zero attached hydrogens (tertiary/aromatic N) is 1. The Morgan fingerprint density at radius 2 is 1.24 bits per heavy atom. The number of hydrogen-bond donors (Lipinski definition) is 1. The van der Waals surface area contributed by atoms with Gasteiger partial charge in [0, 0.05) is 39.8 Å². The Morgan fingerprint density at radius 3 is 1.81 bits per heavy atom. The molecule has 4 aliphatic rings. The van der Waals surface area contributed by atoms with Crippen molar-refractivity contribution in [2.75, 3.05) is 13.2 Å². The maximum Gasteiger partial charge on any atom is 0.340 e. The highest BCUT2D eigenvalue weighted by atomic mass is 16.7. The van der Waals surface area contributed by atoms with E-state index < -0.39 is 138 Å². The highest BCUT2D eigenvalue weighted by Crippen LogP contribution is 2.70. The number of carbonyl (C=O) groups is 8. The molecular formula is C48H51NO18. The molecule has 7 rings (SSSR count). The van der Waals surface area contributed by atoms with E-state index in [2.05, 4.69) is 4.98 Å². The van der Waals surface area contributed by atoms with Crippen LogP contribution in [0.3, 0.4) is 0 Å². The molecule has 4 bridgehead atoms. The lowest BCUT2D eigenvalue weighted by atomic mass is 9.45. The average molecular weight is 930 g/mol. The number of fused-ring (bicyclic) bond motifs is 5. The number of ether oxygens (including phenoxy) is 9. The van der Waals surface area contributed by atoms with Crippen LogP contribution in [0, 0.1) is 17.3 Å². The quantitative estimate of drug-likeness (QED) is 0.238. The molecule has 2 saturated carbocycles. The lowest BCUT2D eigenvalue weighted by molar-refractivity contribution is -0.385. The van der Waals surface area contributed by atoms with E-state index in [-0.39, 0.29) is 22.4 Å². The van der Waals surface area contributed by atoms with Crippen molar-refractivity contribution in [2.45, 2.75) is 115 Å². The molecule has 2 aliphatic heterocycles. The predicted octanol–water partition coefficient (Wildman–Crippen LogP) is 3.62. The summed E-state index contributed by atoms with van der Waals surface area (Å²) in [6, 6.07) is 17.8. The highest BCUT2D eigenvalue weighted by Gasteiger charge is 2.92. The number of cyclic esters (lactones) is 1. The molecular weight excluding hydrogens is 879 g/mol. The van der Waals surface area contributed by atoms with Crippen LogP contribution >= 0.6 is 0 Å². The largest absolute Gasteiger partial charge is 0.465 e. The number of rotatable bonds is 9. The summed E-state index contributed by atoms with van der Waals surface area (Å²) in [6.45, 7) is 7.70. The minimum absolute atomic E-state index is 0.0562. The van der Waals surface area contributed by atoms with Gasteiger partial charge in [-0.3, -0.25) is 29.0 Å². The van der Waals surface area contributed by atoms with E-state index in [4.69, 9.17) is 42.6 Å². The standard InChI is InChI=1S/C48H51NO18/c1-24-25(2)41(54)65-38-36(64-42(55)30-16-11-9-12-17-30)40(66-43(56)31-18-13-10-14-19-31)47(23-59-26(3)50)39(63-29(6)53)35(61-27(4)51)33-37(62-28(5)52)48(47,46(38,8)58)67-45(33,7)22-60-44(57)32-20-15-21-49-34(24)32/h9-21,24-25,33,35-40,58H,22-23H2,1-8H3. The van der Waals surface area contributed by atoms with Crippen molar-refractivity contribution < 1.29 is 86.1 Å². The molecule has 67 heavy (non-hydrogen) atoms.